The van der Waals surface area contributed by atoms with Gasteiger partial charge >= 0.3 is 12.0 Å². The van der Waals surface area contributed by atoms with E-state index < -0.39 is 30.7 Å². The molecule has 0 bridgehead atoms. The highest BCUT2D eigenvalue weighted by atomic mass is 16.5. The zero-order chi connectivity index (χ0) is 23.3. The lowest BCUT2D eigenvalue weighted by Gasteiger charge is -2.35. The van der Waals surface area contributed by atoms with E-state index in [4.69, 9.17) is 9.47 Å². The van der Waals surface area contributed by atoms with Gasteiger partial charge in [-0.05, 0) is 37.5 Å². The number of imide groups is 1. The minimum absolute atomic E-state index is 0.346. The van der Waals surface area contributed by atoms with Gasteiger partial charge in [0.1, 0.15) is 17.8 Å². The third-order valence-electron chi connectivity index (χ3n) is 6.21. The average molecular weight is 446 g/mol. The molecular formula is C23H31N3O6. The van der Waals surface area contributed by atoms with Gasteiger partial charge < -0.3 is 19.3 Å². The molecule has 0 radical (unpaired) electrons. The molecule has 2 fully saturated rings. The Morgan fingerprint density at radius 3 is 2.38 bits per heavy atom. The predicted molar refractivity (Wildman–Crippen MR) is 116 cm³/mol. The average Bonchev–Trinajstić information content (AvgIpc) is 2.95. The smallest absolute Gasteiger partial charge is 0.327 e. The van der Waals surface area contributed by atoms with Crippen molar-refractivity contribution in [2.75, 3.05) is 33.9 Å². The largest absolute Gasteiger partial charge is 0.494 e. The van der Waals surface area contributed by atoms with Crippen LogP contribution >= 0.6 is 0 Å². The molecule has 9 heteroatoms. The van der Waals surface area contributed by atoms with Crippen LogP contribution in [0.25, 0.3) is 0 Å². The molecule has 1 spiro atoms. The Balaban J connectivity index is 1.49. The Morgan fingerprint density at radius 2 is 1.75 bits per heavy atom. The Kier molecular flexibility index (Phi) is 7.37. The molecule has 1 aromatic carbocycles. The van der Waals surface area contributed by atoms with Gasteiger partial charge in [0.05, 0.1) is 6.61 Å². The summed E-state index contributed by atoms with van der Waals surface area (Å²) in [5.41, 5.74) is 0.0633. The van der Waals surface area contributed by atoms with E-state index in [0.29, 0.717) is 26.0 Å². The lowest BCUT2D eigenvalue weighted by Crippen LogP contribution is -2.49. The predicted octanol–water partition coefficient (Wildman–Crippen LogP) is 2.18. The summed E-state index contributed by atoms with van der Waals surface area (Å²) in [6.07, 6.45) is 3.99. The zero-order valence-corrected chi connectivity index (χ0v) is 19.0. The molecule has 1 aliphatic heterocycles. The first-order valence-electron chi connectivity index (χ1n) is 11.0. The highest BCUT2D eigenvalue weighted by Gasteiger charge is 2.55. The second-order valence-corrected chi connectivity index (χ2v) is 8.31. The minimum atomic E-state index is -0.844. The summed E-state index contributed by atoms with van der Waals surface area (Å²) in [7, 11) is 3.22. The number of carbonyl (C=O) groups is 4. The van der Waals surface area contributed by atoms with Crippen molar-refractivity contribution < 1.29 is 28.7 Å². The summed E-state index contributed by atoms with van der Waals surface area (Å²) in [6, 6.07) is 6.90. The summed E-state index contributed by atoms with van der Waals surface area (Å²) in [6.45, 7) is 1.89. The van der Waals surface area contributed by atoms with Gasteiger partial charge in [-0.3, -0.25) is 19.3 Å². The third-order valence-corrected chi connectivity index (χ3v) is 6.21. The summed E-state index contributed by atoms with van der Waals surface area (Å²) in [4.78, 5) is 54.0. The molecule has 1 aromatic rings. The number of hydrogen-bond donors (Lipinski definition) is 0. The van der Waals surface area contributed by atoms with Gasteiger partial charge in [-0.2, -0.15) is 0 Å². The number of urea groups is 1. The van der Waals surface area contributed by atoms with E-state index in [9.17, 15) is 19.2 Å². The fraction of sp³-hybridized carbons (Fsp3) is 0.565. The molecule has 0 aromatic heterocycles. The Morgan fingerprint density at radius 1 is 1.09 bits per heavy atom. The van der Waals surface area contributed by atoms with Gasteiger partial charge in [0.15, 0.2) is 6.61 Å². The molecule has 0 N–H and O–H groups in total. The highest BCUT2D eigenvalue weighted by Crippen LogP contribution is 2.39. The van der Waals surface area contributed by atoms with E-state index in [1.54, 1.807) is 14.1 Å². The SMILES string of the molecule is CCOc1ccc(CN(C)C(=O)COC(=O)CN2C(=O)N(C)C3(CCCCC3)C2=O)cc1. The molecule has 3 rings (SSSR count). The van der Waals surface area contributed by atoms with Crippen molar-refractivity contribution in [1.82, 2.24) is 14.7 Å². The standard InChI is InChI=1S/C23H31N3O6/c1-4-31-18-10-8-17(9-11-18)14-24(2)19(27)16-32-20(28)15-26-21(29)23(25(3)22(26)30)12-6-5-7-13-23/h8-11H,4-7,12-16H2,1-3H3. The van der Waals surface area contributed by atoms with Crippen molar-refractivity contribution in [2.45, 2.75) is 51.1 Å². The van der Waals surface area contributed by atoms with Crippen LogP contribution in [0.2, 0.25) is 0 Å². The number of hydrogen-bond acceptors (Lipinski definition) is 6. The van der Waals surface area contributed by atoms with Crippen LogP contribution in [0.15, 0.2) is 24.3 Å². The maximum Gasteiger partial charge on any atom is 0.327 e. The summed E-state index contributed by atoms with van der Waals surface area (Å²) in [5.74, 6) is -0.755. The number of esters is 1. The van der Waals surface area contributed by atoms with Crippen LogP contribution in [-0.2, 0) is 25.7 Å². The first kappa shape index (κ1) is 23.6. The summed E-state index contributed by atoms with van der Waals surface area (Å²) >= 11 is 0. The van der Waals surface area contributed by atoms with E-state index in [2.05, 4.69) is 0 Å². The van der Waals surface area contributed by atoms with Crippen molar-refractivity contribution in [1.29, 1.82) is 0 Å². The normalized spacial score (nSPS) is 17.6. The lowest BCUT2D eigenvalue weighted by molar-refractivity contribution is -0.153. The molecule has 9 nitrogen and oxygen atoms in total. The highest BCUT2D eigenvalue weighted by molar-refractivity contribution is 6.08. The fourth-order valence-electron chi connectivity index (χ4n) is 4.32. The Labute approximate surface area is 188 Å². The quantitative estimate of drug-likeness (QED) is 0.450. The van der Waals surface area contributed by atoms with E-state index in [1.807, 2.05) is 31.2 Å². The molecule has 32 heavy (non-hydrogen) atoms. The van der Waals surface area contributed by atoms with E-state index in [-0.39, 0.29) is 11.8 Å². The molecule has 4 amide bonds. The molecule has 2 aliphatic rings. The molecule has 1 saturated carbocycles. The molecular weight excluding hydrogens is 414 g/mol. The summed E-state index contributed by atoms with van der Waals surface area (Å²) in [5, 5.41) is 0. The topological polar surface area (TPSA) is 96.5 Å². The molecule has 174 valence electrons. The lowest BCUT2D eigenvalue weighted by atomic mass is 9.81. The minimum Gasteiger partial charge on any atom is -0.494 e. The number of carbonyl (C=O) groups excluding carboxylic acids is 4. The van der Waals surface area contributed by atoms with Crippen LogP contribution in [0, 0.1) is 0 Å². The van der Waals surface area contributed by atoms with E-state index in [0.717, 1.165) is 35.5 Å². The first-order chi connectivity index (χ1) is 15.3. The second kappa shape index (κ2) is 10.0. The number of amides is 4. The number of ether oxygens (including phenoxy) is 2. The number of likely N-dealkylation sites (N-methyl/N-ethyl adjacent to an activating group) is 2. The van der Waals surface area contributed by atoms with Crippen molar-refractivity contribution in [3.8, 4) is 5.75 Å². The van der Waals surface area contributed by atoms with Crippen molar-refractivity contribution >= 4 is 23.8 Å². The second-order valence-electron chi connectivity index (χ2n) is 8.31. The summed E-state index contributed by atoms with van der Waals surface area (Å²) < 4.78 is 10.5. The van der Waals surface area contributed by atoms with E-state index in [1.165, 1.54) is 9.80 Å². The molecule has 1 saturated heterocycles. The Bertz CT molecular complexity index is 863. The monoisotopic (exact) mass is 445 g/mol. The molecule has 1 aliphatic carbocycles. The number of nitrogens with zero attached hydrogens (tertiary/aromatic N) is 3. The van der Waals surface area contributed by atoms with Gasteiger partial charge in [-0.1, -0.05) is 31.4 Å². The third kappa shape index (κ3) is 4.87. The van der Waals surface area contributed by atoms with Gasteiger partial charge in [0.2, 0.25) is 0 Å². The first-order valence-corrected chi connectivity index (χ1v) is 11.0. The van der Waals surface area contributed by atoms with Crippen LogP contribution < -0.4 is 4.74 Å². The Hall–Kier alpha value is -3.10. The van der Waals surface area contributed by atoms with Gasteiger partial charge in [0, 0.05) is 20.6 Å². The maximum absolute atomic E-state index is 12.9. The van der Waals surface area contributed by atoms with Gasteiger partial charge in [0.25, 0.3) is 11.8 Å². The van der Waals surface area contributed by atoms with Crippen LogP contribution in [0.1, 0.15) is 44.6 Å². The van der Waals surface area contributed by atoms with Crippen LogP contribution in [-0.4, -0.2) is 77.9 Å². The van der Waals surface area contributed by atoms with Crippen LogP contribution in [0.5, 0.6) is 5.75 Å². The van der Waals surface area contributed by atoms with Crippen molar-refractivity contribution in [2.24, 2.45) is 0 Å². The van der Waals surface area contributed by atoms with Crippen molar-refractivity contribution in [3.63, 3.8) is 0 Å². The van der Waals surface area contributed by atoms with Gasteiger partial charge in [-0.15, -0.1) is 0 Å². The molecule has 0 atom stereocenters. The van der Waals surface area contributed by atoms with Crippen molar-refractivity contribution in [3.05, 3.63) is 29.8 Å². The number of rotatable bonds is 8. The zero-order valence-electron chi connectivity index (χ0n) is 19.0. The van der Waals surface area contributed by atoms with Crippen LogP contribution in [0.4, 0.5) is 4.79 Å². The number of benzene rings is 1. The van der Waals surface area contributed by atoms with Gasteiger partial charge in [-0.25, -0.2) is 4.79 Å². The maximum atomic E-state index is 12.9. The molecule has 0 unspecified atom stereocenters. The fourth-order valence-corrected chi connectivity index (χ4v) is 4.32. The van der Waals surface area contributed by atoms with E-state index >= 15 is 0 Å². The van der Waals surface area contributed by atoms with Crippen LogP contribution in [0.3, 0.4) is 0 Å². The molecule has 1 heterocycles.